The summed E-state index contributed by atoms with van der Waals surface area (Å²) in [6.07, 6.45) is 0. The molecular weight excluding hydrogens is 335 g/mol. The number of hydrogen-bond acceptors (Lipinski definition) is 1. The first-order chi connectivity index (χ1) is 8.56. The Kier molecular flexibility index (Phi) is 4.55. The molecule has 0 atom stereocenters. The van der Waals surface area contributed by atoms with Gasteiger partial charge in [-0.2, -0.15) is 0 Å². The summed E-state index contributed by atoms with van der Waals surface area (Å²) in [4.78, 5) is 0. The van der Waals surface area contributed by atoms with Crippen molar-refractivity contribution in [2.75, 3.05) is 0 Å². The van der Waals surface area contributed by atoms with E-state index in [1.165, 1.54) is 5.56 Å². The summed E-state index contributed by atoms with van der Waals surface area (Å²) in [5, 5.41) is 1.08. The first kappa shape index (κ1) is 13.7. The molecule has 94 valence electrons. The zero-order chi connectivity index (χ0) is 13.1. The molecule has 0 amide bonds. The van der Waals surface area contributed by atoms with Crippen LogP contribution < -0.4 is 4.74 Å². The summed E-state index contributed by atoms with van der Waals surface area (Å²) < 4.78 is 6.47. The van der Waals surface area contributed by atoms with Crippen molar-refractivity contribution in [3.8, 4) is 5.75 Å². The van der Waals surface area contributed by atoms with Crippen molar-refractivity contribution >= 4 is 39.1 Å². The fourth-order valence-electron chi connectivity index (χ4n) is 1.51. The summed E-state index contributed by atoms with van der Waals surface area (Å²) in [7, 11) is 0. The molecule has 0 aliphatic carbocycles. The van der Waals surface area contributed by atoms with Crippen LogP contribution in [0.15, 0.2) is 40.9 Å². The number of halogens is 3. The van der Waals surface area contributed by atoms with Gasteiger partial charge >= 0.3 is 0 Å². The van der Waals surface area contributed by atoms with Crippen molar-refractivity contribution in [1.82, 2.24) is 0 Å². The Labute approximate surface area is 125 Å². The molecule has 2 aromatic rings. The maximum absolute atomic E-state index is 6.09. The molecule has 2 rings (SSSR count). The Morgan fingerprint density at radius 1 is 1.11 bits per heavy atom. The van der Waals surface area contributed by atoms with Crippen LogP contribution in [0, 0.1) is 6.92 Å². The van der Waals surface area contributed by atoms with Crippen LogP contribution in [-0.4, -0.2) is 0 Å². The molecule has 0 bridgehead atoms. The van der Waals surface area contributed by atoms with Crippen LogP contribution in [-0.2, 0) is 6.61 Å². The summed E-state index contributed by atoms with van der Waals surface area (Å²) in [6.45, 7) is 2.53. The Balaban J connectivity index is 2.13. The standard InChI is InChI=1S/C14H11BrCl2O/c1-9-2-4-10(5-3-9)8-18-14-12(15)6-11(16)7-13(14)17/h2-7H,8H2,1H3. The van der Waals surface area contributed by atoms with Crippen LogP contribution >= 0.6 is 39.1 Å². The topological polar surface area (TPSA) is 9.23 Å². The summed E-state index contributed by atoms with van der Waals surface area (Å²) >= 11 is 15.4. The minimum Gasteiger partial charge on any atom is -0.486 e. The van der Waals surface area contributed by atoms with Gasteiger partial charge in [-0.15, -0.1) is 0 Å². The van der Waals surface area contributed by atoms with E-state index in [1.54, 1.807) is 12.1 Å². The van der Waals surface area contributed by atoms with Gasteiger partial charge in [-0.1, -0.05) is 53.0 Å². The summed E-state index contributed by atoms with van der Waals surface area (Å²) in [5.74, 6) is 0.613. The number of benzene rings is 2. The van der Waals surface area contributed by atoms with Crippen molar-refractivity contribution in [2.24, 2.45) is 0 Å². The normalized spacial score (nSPS) is 10.4. The average molecular weight is 346 g/mol. The first-order valence-electron chi connectivity index (χ1n) is 5.39. The Morgan fingerprint density at radius 2 is 1.78 bits per heavy atom. The molecule has 0 spiro atoms. The average Bonchev–Trinajstić information content (AvgIpc) is 2.30. The lowest BCUT2D eigenvalue weighted by Gasteiger charge is -2.10. The van der Waals surface area contributed by atoms with E-state index in [0.717, 1.165) is 10.0 Å². The number of rotatable bonds is 3. The van der Waals surface area contributed by atoms with E-state index < -0.39 is 0 Å². The predicted molar refractivity (Wildman–Crippen MR) is 79.7 cm³/mol. The van der Waals surface area contributed by atoms with Crippen molar-refractivity contribution < 1.29 is 4.74 Å². The first-order valence-corrected chi connectivity index (χ1v) is 6.94. The lowest BCUT2D eigenvalue weighted by atomic mass is 10.2. The van der Waals surface area contributed by atoms with Crippen LogP contribution in [0.3, 0.4) is 0 Å². The Morgan fingerprint density at radius 3 is 2.39 bits per heavy atom. The van der Waals surface area contributed by atoms with E-state index in [-0.39, 0.29) is 0 Å². The van der Waals surface area contributed by atoms with Gasteiger partial charge in [0.1, 0.15) is 6.61 Å². The zero-order valence-electron chi connectivity index (χ0n) is 9.71. The molecule has 18 heavy (non-hydrogen) atoms. The molecule has 0 unspecified atom stereocenters. The highest BCUT2D eigenvalue weighted by atomic mass is 79.9. The van der Waals surface area contributed by atoms with E-state index in [0.29, 0.717) is 22.4 Å². The van der Waals surface area contributed by atoms with Gasteiger partial charge in [0, 0.05) is 5.02 Å². The highest BCUT2D eigenvalue weighted by Crippen LogP contribution is 2.36. The van der Waals surface area contributed by atoms with Crippen LogP contribution in [0.25, 0.3) is 0 Å². The van der Waals surface area contributed by atoms with E-state index >= 15 is 0 Å². The lowest BCUT2D eigenvalue weighted by molar-refractivity contribution is 0.304. The SMILES string of the molecule is Cc1ccc(COc2c(Cl)cc(Cl)cc2Br)cc1. The highest BCUT2D eigenvalue weighted by molar-refractivity contribution is 9.10. The van der Waals surface area contributed by atoms with Gasteiger partial charge in [0.2, 0.25) is 0 Å². The van der Waals surface area contributed by atoms with Crippen molar-refractivity contribution in [3.05, 3.63) is 62.0 Å². The van der Waals surface area contributed by atoms with Crippen molar-refractivity contribution in [1.29, 1.82) is 0 Å². The van der Waals surface area contributed by atoms with Crippen LogP contribution in [0.2, 0.25) is 10.0 Å². The molecule has 0 saturated carbocycles. The third-order valence-electron chi connectivity index (χ3n) is 2.47. The van der Waals surface area contributed by atoms with E-state index in [1.807, 2.05) is 12.1 Å². The molecular formula is C14H11BrCl2O. The molecule has 4 heteroatoms. The second-order valence-corrected chi connectivity index (χ2v) is 5.67. The van der Waals surface area contributed by atoms with Gasteiger partial charge in [-0.3, -0.25) is 0 Å². The second-order valence-electron chi connectivity index (χ2n) is 3.97. The number of aryl methyl sites for hydroxylation is 1. The molecule has 0 aromatic heterocycles. The fraction of sp³-hybridized carbons (Fsp3) is 0.143. The highest BCUT2D eigenvalue weighted by Gasteiger charge is 2.08. The lowest BCUT2D eigenvalue weighted by Crippen LogP contribution is -1.96. The molecule has 0 aliphatic rings. The predicted octanol–water partition coefficient (Wildman–Crippen LogP) is 5.64. The Bertz CT molecular complexity index is 529. The maximum Gasteiger partial charge on any atom is 0.152 e. The third-order valence-corrected chi connectivity index (χ3v) is 3.55. The van der Waals surface area contributed by atoms with Crippen LogP contribution in [0.4, 0.5) is 0 Å². The molecule has 2 aromatic carbocycles. The Hall–Kier alpha value is -0.700. The van der Waals surface area contributed by atoms with Gasteiger partial charge in [0.05, 0.1) is 9.50 Å². The van der Waals surface area contributed by atoms with Crippen LogP contribution in [0.5, 0.6) is 5.75 Å². The monoisotopic (exact) mass is 344 g/mol. The smallest absolute Gasteiger partial charge is 0.152 e. The minimum absolute atomic E-state index is 0.472. The minimum atomic E-state index is 0.472. The van der Waals surface area contributed by atoms with Gasteiger partial charge in [0.25, 0.3) is 0 Å². The van der Waals surface area contributed by atoms with Crippen molar-refractivity contribution in [2.45, 2.75) is 13.5 Å². The zero-order valence-corrected chi connectivity index (χ0v) is 12.8. The molecule has 0 fully saturated rings. The van der Waals surface area contributed by atoms with Crippen molar-refractivity contribution in [3.63, 3.8) is 0 Å². The van der Waals surface area contributed by atoms with E-state index in [4.69, 9.17) is 27.9 Å². The molecule has 1 nitrogen and oxygen atoms in total. The molecule has 0 radical (unpaired) electrons. The fourth-order valence-corrected chi connectivity index (χ4v) is 2.88. The summed E-state index contributed by atoms with van der Waals surface area (Å²) in [5.41, 5.74) is 2.32. The van der Waals surface area contributed by atoms with Gasteiger partial charge in [-0.25, -0.2) is 0 Å². The molecule has 0 aliphatic heterocycles. The number of hydrogen-bond donors (Lipinski definition) is 0. The third kappa shape index (κ3) is 3.41. The van der Waals surface area contributed by atoms with Gasteiger partial charge in [0.15, 0.2) is 5.75 Å². The van der Waals surface area contributed by atoms with Gasteiger partial charge < -0.3 is 4.74 Å². The number of ether oxygens (including phenoxy) is 1. The second kappa shape index (κ2) is 5.96. The van der Waals surface area contributed by atoms with Gasteiger partial charge in [-0.05, 0) is 40.5 Å². The largest absolute Gasteiger partial charge is 0.486 e. The summed E-state index contributed by atoms with van der Waals surface area (Å²) in [6, 6.07) is 11.6. The quantitative estimate of drug-likeness (QED) is 0.699. The molecule has 0 saturated heterocycles. The molecule has 0 N–H and O–H groups in total. The molecule has 0 heterocycles. The van der Waals surface area contributed by atoms with Crippen LogP contribution in [0.1, 0.15) is 11.1 Å². The maximum atomic E-state index is 6.09. The van der Waals surface area contributed by atoms with E-state index in [9.17, 15) is 0 Å². The van der Waals surface area contributed by atoms with E-state index in [2.05, 4.69) is 35.0 Å².